The van der Waals surface area contributed by atoms with Gasteiger partial charge in [0, 0.05) is 13.1 Å². The Hall–Kier alpha value is -2.63. The summed E-state index contributed by atoms with van der Waals surface area (Å²) in [5, 5.41) is 19.9. The van der Waals surface area contributed by atoms with E-state index < -0.39 is 10.9 Å². The Morgan fingerprint density at radius 1 is 1.28 bits per heavy atom. The van der Waals surface area contributed by atoms with E-state index in [4.69, 9.17) is 5.11 Å². The number of nitrogens with zero attached hydrogens (tertiary/aromatic N) is 2. The van der Waals surface area contributed by atoms with Crippen LogP contribution in [0, 0.1) is 10.1 Å². The molecule has 0 radical (unpaired) electrons. The predicted octanol–water partition coefficient (Wildman–Crippen LogP) is 2.30. The number of aromatic nitrogens is 1. The minimum Gasteiger partial charge on any atom is -0.477 e. The zero-order valence-electron chi connectivity index (χ0n) is 9.53. The van der Waals surface area contributed by atoms with Gasteiger partial charge in [0.1, 0.15) is 5.69 Å². The van der Waals surface area contributed by atoms with Gasteiger partial charge in [0.05, 0.1) is 16.2 Å². The first-order valence-electron chi connectivity index (χ1n) is 5.15. The van der Waals surface area contributed by atoms with Gasteiger partial charge in [-0.15, -0.1) is 0 Å². The fourth-order valence-corrected chi connectivity index (χ4v) is 1.85. The van der Waals surface area contributed by atoms with E-state index in [1.54, 1.807) is 31.3 Å². The van der Waals surface area contributed by atoms with Crippen LogP contribution in [0.5, 0.6) is 0 Å². The highest BCUT2D eigenvalue weighted by Crippen LogP contribution is 2.30. The topological polar surface area (TPSA) is 85.4 Å². The summed E-state index contributed by atoms with van der Waals surface area (Å²) in [5.41, 5.74) is 0.941. The Morgan fingerprint density at radius 3 is 2.50 bits per heavy atom. The lowest BCUT2D eigenvalue weighted by molar-refractivity contribution is -0.384. The summed E-state index contributed by atoms with van der Waals surface area (Å²) in [6, 6.07) is 9.22. The predicted molar refractivity (Wildman–Crippen MR) is 64.5 cm³/mol. The van der Waals surface area contributed by atoms with Gasteiger partial charge < -0.3 is 9.67 Å². The second kappa shape index (κ2) is 4.33. The number of carboxylic acids is 1. The summed E-state index contributed by atoms with van der Waals surface area (Å²) in [7, 11) is 1.56. The van der Waals surface area contributed by atoms with Crippen LogP contribution < -0.4 is 0 Å². The summed E-state index contributed by atoms with van der Waals surface area (Å²) >= 11 is 0. The number of carboxylic acid groups (broad SMARTS) is 1. The van der Waals surface area contributed by atoms with E-state index in [9.17, 15) is 14.9 Å². The van der Waals surface area contributed by atoms with Crippen molar-refractivity contribution in [3.8, 4) is 11.3 Å². The lowest BCUT2D eigenvalue weighted by atomic mass is 10.1. The standard InChI is InChI=1S/C12H10N2O4/c1-13-9(6-7-11(13)12(15)16)8-4-2-3-5-10(8)14(17)18/h2-7H,1H3,(H,15,16). The van der Waals surface area contributed by atoms with Gasteiger partial charge in [-0.05, 0) is 18.2 Å². The number of hydrogen-bond acceptors (Lipinski definition) is 3. The molecule has 1 aromatic carbocycles. The molecule has 1 aromatic heterocycles. The molecule has 0 unspecified atom stereocenters. The summed E-state index contributed by atoms with van der Waals surface area (Å²) < 4.78 is 1.42. The van der Waals surface area contributed by atoms with Gasteiger partial charge in [0.15, 0.2) is 0 Å². The molecular formula is C12H10N2O4. The number of carbonyl (C=O) groups is 1. The molecule has 0 aliphatic carbocycles. The van der Waals surface area contributed by atoms with Gasteiger partial charge in [-0.25, -0.2) is 4.79 Å². The van der Waals surface area contributed by atoms with E-state index in [0.717, 1.165) is 0 Å². The maximum absolute atomic E-state index is 10.9. The largest absolute Gasteiger partial charge is 0.477 e. The van der Waals surface area contributed by atoms with Crippen molar-refractivity contribution in [2.75, 3.05) is 0 Å². The van der Waals surface area contributed by atoms with Crippen LogP contribution in [0.2, 0.25) is 0 Å². The highest BCUT2D eigenvalue weighted by Gasteiger charge is 2.19. The molecule has 0 fully saturated rings. The molecule has 1 N–H and O–H groups in total. The van der Waals surface area contributed by atoms with Crippen LogP contribution in [0.25, 0.3) is 11.3 Å². The molecule has 0 spiro atoms. The maximum Gasteiger partial charge on any atom is 0.352 e. The molecule has 2 aromatic rings. The van der Waals surface area contributed by atoms with Crippen LogP contribution in [0.4, 0.5) is 5.69 Å². The van der Waals surface area contributed by atoms with Crippen LogP contribution in [0.15, 0.2) is 36.4 Å². The second-order valence-electron chi connectivity index (χ2n) is 3.74. The fraction of sp³-hybridized carbons (Fsp3) is 0.0833. The highest BCUT2D eigenvalue weighted by atomic mass is 16.6. The minimum absolute atomic E-state index is 0.0457. The van der Waals surface area contributed by atoms with Gasteiger partial charge in [-0.1, -0.05) is 12.1 Å². The van der Waals surface area contributed by atoms with Crippen LogP contribution >= 0.6 is 0 Å². The zero-order valence-corrected chi connectivity index (χ0v) is 9.53. The molecular weight excluding hydrogens is 236 g/mol. The third kappa shape index (κ3) is 1.84. The number of hydrogen-bond donors (Lipinski definition) is 1. The molecule has 0 saturated heterocycles. The SMILES string of the molecule is Cn1c(C(=O)O)ccc1-c1ccccc1[N+](=O)[O-]. The molecule has 0 aliphatic heterocycles. The molecule has 1 heterocycles. The van der Waals surface area contributed by atoms with Crippen molar-refractivity contribution in [2.45, 2.75) is 0 Å². The number of rotatable bonds is 3. The fourth-order valence-electron chi connectivity index (χ4n) is 1.85. The quantitative estimate of drug-likeness (QED) is 0.665. The number of para-hydroxylation sites is 1. The summed E-state index contributed by atoms with van der Waals surface area (Å²) in [4.78, 5) is 21.4. The molecule has 0 atom stereocenters. The number of nitro benzene ring substituents is 1. The van der Waals surface area contributed by atoms with E-state index in [1.165, 1.54) is 16.7 Å². The van der Waals surface area contributed by atoms with E-state index in [1.807, 2.05) is 0 Å². The summed E-state index contributed by atoms with van der Waals surface area (Å²) in [6.45, 7) is 0. The van der Waals surface area contributed by atoms with E-state index in [0.29, 0.717) is 11.3 Å². The van der Waals surface area contributed by atoms with E-state index in [2.05, 4.69) is 0 Å². The van der Waals surface area contributed by atoms with E-state index in [-0.39, 0.29) is 11.4 Å². The van der Waals surface area contributed by atoms with Crippen LogP contribution in [0.3, 0.4) is 0 Å². The Morgan fingerprint density at radius 2 is 1.94 bits per heavy atom. The molecule has 0 amide bonds. The van der Waals surface area contributed by atoms with Gasteiger partial charge >= 0.3 is 5.97 Å². The van der Waals surface area contributed by atoms with E-state index >= 15 is 0 Å². The van der Waals surface area contributed by atoms with Crippen molar-refractivity contribution in [1.82, 2.24) is 4.57 Å². The van der Waals surface area contributed by atoms with Crippen molar-refractivity contribution in [3.05, 3.63) is 52.2 Å². The van der Waals surface area contributed by atoms with Crippen LogP contribution in [0.1, 0.15) is 10.5 Å². The van der Waals surface area contributed by atoms with Crippen molar-refractivity contribution < 1.29 is 14.8 Å². The van der Waals surface area contributed by atoms with Crippen molar-refractivity contribution >= 4 is 11.7 Å². The number of benzene rings is 1. The smallest absolute Gasteiger partial charge is 0.352 e. The Kier molecular flexibility index (Phi) is 2.85. The first kappa shape index (κ1) is 11.8. The van der Waals surface area contributed by atoms with Crippen molar-refractivity contribution in [3.63, 3.8) is 0 Å². The van der Waals surface area contributed by atoms with Gasteiger partial charge in [0.2, 0.25) is 0 Å². The van der Waals surface area contributed by atoms with Crippen molar-refractivity contribution in [1.29, 1.82) is 0 Å². The number of nitro groups is 1. The molecule has 6 nitrogen and oxygen atoms in total. The Balaban J connectivity index is 2.63. The lowest BCUT2D eigenvalue weighted by Crippen LogP contribution is -2.05. The molecule has 92 valence electrons. The molecule has 0 bridgehead atoms. The molecule has 0 saturated carbocycles. The monoisotopic (exact) mass is 246 g/mol. The Bertz CT molecular complexity index is 631. The van der Waals surface area contributed by atoms with Crippen molar-refractivity contribution in [2.24, 2.45) is 7.05 Å². The molecule has 18 heavy (non-hydrogen) atoms. The Labute approximate surface area is 102 Å². The molecule has 2 rings (SSSR count). The number of aromatic carboxylic acids is 1. The van der Waals surface area contributed by atoms with Gasteiger partial charge in [-0.3, -0.25) is 10.1 Å². The van der Waals surface area contributed by atoms with Gasteiger partial charge in [-0.2, -0.15) is 0 Å². The average molecular weight is 246 g/mol. The third-order valence-electron chi connectivity index (χ3n) is 2.72. The van der Waals surface area contributed by atoms with Crippen LogP contribution in [-0.4, -0.2) is 20.6 Å². The van der Waals surface area contributed by atoms with Gasteiger partial charge in [0.25, 0.3) is 5.69 Å². The summed E-state index contributed by atoms with van der Waals surface area (Å²) in [5.74, 6) is -1.07. The third-order valence-corrected chi connectivity index (χ3v) is 2.72. The maximum atomic E-state index is 10.9. The lowest BCUT2D eigenvalue weighted by Gasteiger charge is -2.05. The minimum atomic E-state index is -1.07. The molecule has 0 aliphatic rings. The zero-order chi connectivity index (χ0) is 13.3. The normalized spacial score (nSPS) is 10.3. The average Bonchev–Trinajstić information content (AvgIpc) is 2.71. The highest BCUT2D eigenvalue weighted by molar-refractivity contribution is 5.88. The second-order valence-corrected chi connectivity index (χ2v) is 3.74. The van der Waals surface area contributed by atoms with Crippen LogP contribution in [-0.2, 0) is 7.05 Å². The molecule has 6 heteroatoms. The first-order valence-corrected chi connectivity index (χ1v) is 5.15. The first-order chi connectivity index (χ1) is 8.52. The summed E-state index contributed by atoms with van der Waals surface area (Å²) in [6.07, 6.45) is 0.